The molecule has 2 aromatic rings. The second kappa shape index (κ2) is 9.86. The minimum atomic E-state index is 0.380. The summed E-state index contributed by atoms with van der Waals surface area (Å²) in [6.07, 6.45) is 1.76. The van der Waals surface area contributed by atoms with E-state index in [1.807, 2.05) is 49.4 Å². The van der Waals surface area contributed by atoms with Crippen LogP contribution < -0.4 is 25.3 Å². The molecule has 0 fully saturated rings. The number of hydrazine groups is 1. The number of rotatable bonds is 7. The molecule has 0 heterocycles. The number of ether oxygens (including phenoxy) is 2. The Morgan fingerprint density at radius 2 is 2.08 bits per heavy atom. The van der Waals surface area contributed by atoms with Crippen LogP contribution in [0.15, 0.2) is 42.5 Å². The molecule has 0 unspecified atom stereocenters. The molecule has 3 N–H and O–H groups in total. The fraction of sp³-hybridized carbons (Fsp3) is 0.222. The Bertz CT molecular complexity index is 753. The molecule has 0 saturated carbocycles. The fourth-order valence-corrected chi connectivity index (χ4v) is 2.54. The van der Waals surface area contributed by atoms with E-state index in [0.717, 1.165) is 17.7 Å². The second-order valence-corrected chi connectivity index (χ2v) is 5.92. The van der Waals surface area contributed by atoms with E-state index in [1.54, 1.807) is 13.3 Å². The highest BCUT2D eigenvalue weighted by molar-refractivity contribution is 7.80. The molecule has 0 atom stereocenters. The minimum absolute atomic E-state index is 0.380. The van der Waals surface area contributed by atoms with E-state index in [2.05, 4.69) is 15.8 Å². The van der Waals surface area contributed by atoms with E-state index < -0.39 is 0 Å². The van der Waals surface area contributed by atoms with Crippen molar-refractivity contribution in [2.24, 2.45) is 0 Å². The maximum Gasteiger partial charge on any atom is 0.223 e. The summed E-state index contributed by atoms with van der Waals surface area (Å²) in [6.45, 7) is 3.10. The Kier molecular flexibility index (Phi) is 7.50. The number of benzene rings is 2. The molecule has 132 valence electrons. The molecule has 0 aliphatic rings. The zero-order valence-electron chi connectivity index (χ0n) is 14.1. The Balaban J connectivity index is 2.14. The lowest BCUT2D eigenvalue weighted by molar-refractivity contribution is -0.500. The zero-order chi connectivity index (χ0) is 18.1. The van der Waals surface area contributed by atoms with Gasteiger partial charge in [0.05, 0.1) is 12.7 Å². The number of para-hydroxylation sites is 1. The molecule has 0 aliphatic carbocycles. The number of nitrogens with one attached hydrogen (secondary N) is 3. The van der Waals surface area contributed by atoms with Gasteiger partial charge in [-0.2, -0.15) is 0 Å². The maximum absolute atomic E-state index is 6.02. The monoisotopic (exact) mass is 378 g/mol. The molecule has 2 rings (SSSR count). The van der Waals surface area contributed by atoms with E-state index in [0.29, 0.717) is 28.2 Å². The van der Waals surface area contributed by atoms with E-state index in [-0.39, 0.29) is 0 Å². The van der Waals surface area contributed by atoms with Gasteiger partial charge in [-0.15, -0.1) is 10.5 Å². The molecular weight excluding hydrogens is 358 g/mol. The van der Waals surface area contributed by atoms with Crippen LogP contribution in [0.2, 0.25) is 5.02 Å². The van der Waals surface area contributed by atoms with Crippen LogP contribution in [0.5, 0.6) is 11.5 Å². The van der Waals surface area contributed by atoms with Gasteiger partial charge in [-0.25, -0.2) is 0 Å². The van der Waals surface area contributed by atoms with Crippen LogP contribution in [0, 0.1) is 0 Å². The van der Waals surface area contributed by atoms with Gasteiger partial charge in [0.2, 0.25) is 11.3 Å². The lowest BCUT2D eigenvalue weighted by atomic mass is 10.2. The number of hydrazone groups is 1. The summed E-state index contributed by atoms with van der Waals surface area (Å²) in [7, 11) is 1.61. The van der Waals surface area contributed by atoms with Crippen molar-refractivity contribution < 1.29 is 14.6 Å². The summed E-state index contributed by atoms with van der Waals surface area (Å²) in [5.74, 6) is 1.28. The number of thiocarbonyl (C=S) groups is 1. The van der Waals surface area contributed by atoms with Crippen LogP contribution in [0.3, 0.4) is 0 Å². The van der Waals surface area contributed by atoms with Gasteiger partial charge in [0.1, 0.15) is 6.61 Å². The van der Waals surface area contributed by atoms with E-state index in [9.17, 15) is 0 Å². The minimum Gasteiger partial charge on any atom is -0.493 e. The van der Waals surface area contributed by atoms with Gasteiger partial charge in [0.15, 0.2) is 11.5 Å². The molecule has 25 heavy (non-hydrogen) atoms. The SMILES string of the molecule is CCNC(=S)N[NH+]=Cc1cccc(OC)c1OCc1cccc(Cl)c1. The molecule has 0 saturated heterocycles. The van der Waals surface area contributed by atoms with Crippen molar-refractivity contribution >= 4 is 35.1 Å². The Morgan fingerprint density at radius 3 is 2.80 bits per heavy atom. The van der Waals surface area contributed by atoms with Gasteiger partial charge >= 0.3 is 0 Å². The first-order valence-electron chi connectivity index (χ1n) is 7.81. The van der Waals surface area contributed by atoms with Gasteiger partial charge in [-0.05, 0) is 49.0 Å². The molecule has 0 aromatic heterocycles. The van der Waals surface area contributed by atoms with Crippen LogP contribution in [-0.2, 0) is 6.61 Å². The van der Waals surface area contributed by atoms with Crippen molar-refractivity contribution in [1.29, 1.82) is 0 Å². The molecule has 2 aromatic carbocycles. The van der Waals surface area contributed by atoms with Crippen molar-refractivity contribution in [2.75, 3.05) is 13.7 Å². The highest BCUT2D eigenvalue weighted by Gasteiger charge is 2.12. The first-order valence-corrected chi connectivity index (χ1v) is 8.59. The maximum atomic E-state index is 6.02. The Labute approximate surface area is 158 Å². The normalized spacial score (nSPS) is 10.5. The zero-order valence-corrected chi connectivity index (χ0v) is 15.7. The molecule has 0 aliphatic heterocycles. The van der Waals surface area contributed by atoms with E-state index >= 15 is 0 Å². The third kappa shape index (κ3) is 5.92. The Morgan fingerprint density at radius 1 is 1.28 bits per heavy atom. The van der Waals surface area contributed by atoms with Crippen LogP contribution in [-0.4, -0.2) is 25.0 Å². The van der Waals surface area contributed by atoms with Crippen molar-refractivity contribution in [3.8, 4) is 11.5 Å². The topological polar surface area (TPSA) is 56.5 Å². The fourth-order valence-electron chi connectivity index (χ4n) is 2.13. The molecule has 7 heteroatoms. The van der Waals surface area contributed by atoms with Gasteiger partial charge < -0.3 is 14.8 Å². The Hall–Kier alpha value is -2.31. The molecular formula is C18H21ClN3O2S+. The second-order valence-electron chi connectivity index (χ2n) is 5.07. The standard InChI is InChI=1S/C18H20ClN3O2S/c1-3-20-18(25)22-21-11-14-7-5-9-16(23-2)17(14)24-12-13-6-4-8-15(19)10-13/h4-11H,3,12H2,1-2H3,(H2,20,22,25)/p+1. The number of halogens is 1. The lowest BCUT2D eigenvalue weighted by Gasteiger charge is -2.12. The smallest absolute Gasteiger partial charge is 0.223 e. The van der Waals surface area contributed by atoms with E-state index in [4.69, 9.17) is 33.3 Å². The summed E-state index contributed by atoms with van der Waals surface area (Å²) in [5.41, 5.74) is 4.68. The first-order chi connectivity index (χ1) is 12.1. The third-order valence-electron chi connectivity index (χ3n) is 3.25. The van der Waals surface area contributed by atoms with Crippen LogP contribution in [0.1, 0.15) is 18.1 Å². The molecule has 0 spiro atoms. The van der Waals surface area contributed by atoms with E-state index in [1.165, 1.54) is 0 Å². The van der Waals surface area contributed by atoms with Gasteiger partial charge in [-0.3, -0.25) is 0 Å². The lowest BCUT2D eigenvalue weighted by Crippen LogP contribution is -2.82. The number of methoxy groups -OCH3 is 1. The quantitative estimate of drug-likeness (QED) is 0.390. The molecule has 0 amide bonds. The molecule has 5 nitrogen and oxygen atoms in total. The van der Waals surface area contributed by atoms with Crippen molar-refractivity contribution in [2.45, 2.75) is 13.5 Å². The van der Waals surface area contributed by atoms with Gasteiger partial charge in [0.25, 0.3) is 0 Å². The van der Waals surface area contributed by atoms with Crippen LogP contribution in [0.4, 0.5) is 0 Å². The van der Waals surface area contributed by atoms with Crippen LogP contribution >= 0.6 is 23.8 Å². The van der Waals surface area contributed by atoms with Crippen molar-refractivity contribution in [1.82, 2.24) is 10.7 Å². The number of hydrogen-bond donors (Lipinski definition) is 3. The molecule has 0 bridgehead atoms. The highest BCUT2D eigenvalue weighted by atomic mass is 35.5. The average molecular weight is 379 g/mol. The van der Waals surface area contributed by atoms with Crippen LogP contribution in [0.25, 0.3) is 0 Å². The highest BCUT2D eigenvalue weighted by Crippen LogP contribution is 2.30. The van der Waals surface area contributed by atoms with Crippen molar-refractivity contribution in [3.63, 3.8) is 0 Å². The average Bonchev–Trinajstić information content (AvgIpc) is 2.60. The first kappa shape index (κ1) is 19.0. The van der Waals surface area contributed by atoms with Crippen molar-refractivity contribution in [3.05, 3.63) is 58.6 Å². The largest absolute Gasteiger partial charge is 0.493 e. The summed E-state index contributed by atoms with van der Waals surface area (Å²) in [5, 5.41) is 7.13. The summed E-state index contributed by atoms with van der Waals surface area (Å²) < 4.78 is 11.4. The molecule has 0 radical (unpaired) electrons. The summed E-state index contributed by atoms with van der Waals surface area (Å²) in [6, 6.07) is 13.2. The predicted molar refractivity (Wildman–Crippen MR) is 104 cm³/mol. The third-order valence-corrected chi connectivity index (χ3v) is 3.73. The summed E-state index contributed by atoms with van der Waals surface area (Å²) in [4.78, 5) is 0. The number of hydrogen-bond acceptors (Lipinski definition) is 3. The van der Waals surface area contributed by atoms with Gasteiger partial charge in [0, 0.05) is 11.6 Å². The predicted octanol–water partition coefficient (Wildman–Crippen LogP) is 1.83. The summed E-state index contributed by atoms with van der Waals surface area (Å²) >= 11 is 11.1. The van der Waals surface area contributed by atoms with Gasteiger partial charge in [-0.1, -0.05) is 29.8 Å².